The fourth-order valence-electron chi connectivity index (χ4n) is 10.7. The van der Waals surface area contributed by atoms with E-state index in [-0.39, 0.29) is 52.9 Å². The zero-order valence-electron chi connectivity index (χ0n) is 30.1. The molecule has 0 radical (unpaired) electrons. The fraction of sp³-hybridized carbons (Fsp3) is 0.842. The number of aliphatic carboxylic acids is 1. The summed E-state index contributed by atoms with van der Waals surface area (Å²) < 4.78 is 18.4. The highest BCUT2D eigenvalue weighted by Crippen LogP contribution is 2.74. The molecule has 268 valence electrons. The summed E-state index contributed by atoms with van der Waals surface area (Å²) in [6, 6.07) is 0. The summed E-state index contributed by atoms with van der Waals surface area (Å²) in [4.78, 5) is 24.1. The molecule has 47 heavy (non-hydrogen) atoms. The zero-order chi connectivity index (χ0) is 35.3. The molecule has 9 heteroatoms. The fourth-order valence-corrected chi connectivity index (χ4v) is 10.7. The van der Waals surface area contributed by atoms with E-state index in [0.29, 0.717) is 31.6 Å². The third-order valence-electron chi connectivity index (χ3n) is 13.7. The van der Waals surface area contributed by atoms with Gasteiger partial charge in [-0.15, -0.1) is 0 Å². The van der Waals surface area contributed by atoms with Crippen LogP contribution in [0.15, 0.2) is 24.3 Å². The van der Waals surface area contributed by atoms with Crippen molar-refractivity contribution in [1.82, 2.24) is 0 Å². The molecule has 3 saturated carbocycles. The van der Waals surface area contributed by atoms with Crippen molar-refractivity contribution >= 4 is 11.9 Å². The van der Waals surface area contributed by atoms with Gasteiger partial charge >= 0.3 is 11.9 Å². The van der Waals surface area contributed by atoms with Gasteiger partial charge in [-0.25, -0.2) is 0 Å². The Kier molecular flexibility index (Phi) is 11.2. The molecule has 3 aliphatic carbocycles. The number of ether oxygens (including phenoxy) is 3. The second-order valence-electron chi connectivity index (χ2n) is 16.8. The highest BCUT2D eigenvalue weighted by Gasteiger charge is 2.70. The van der Waals surface area contributed by atoms with Gasteiger partial charge in [-0.3, -0.25) is 9.59 Å². The van der Waals surface area contributed by atoms with Crippen LogP contribution in [0.3, 0.4) is 0 Å². The Hall–Kier alpha value is -1.78. The third kappa shape index (κ3) is 6.99. The van der Waals surface area contributed by atoms with Crippen molar-refractivity contribution in [3.8, 4) is 0 Å². The van der Waals surface area contributed by atoms with E-state index in [2.05, 4.69) is 47.8 Å². The molecule has 4 N–H and O–H groups in total. The van der Waals surface area contributed by atoms with Gasteiger partial charge in [-0.05, 0) is 111 Å². The maximum Gasteiger partial charge on any atom is 0.303 e. The molecule has 13 unspecified atom stereocenters. The number of carbonyl (C=O) groups is 2. The molecular weight excluding hydrogens is 600 g/mol. The van der Waals surface area contributed by atoms with Gasteiger partial charge in [0.2, 0.25) is 0 Å². The standard InChI is InChI=1S/C38H62O9/c1-21(2)23(5)11-18-38(10,44)26-13-17-37(9)31(26)28(47-34-33(46-24(6)39)32(43)27(40)20-45-34)19-29-35(7,15-14-30(41)42)25(22(3)4)12-16-36(29,37)8/h21,25-29,31-34,40,43-44H,3,5,11-20H2,1-2,4,6-10H3,(H,41,42). The van der Waals surface area contributed by atoms with E-state index in [1.165, 1.54) is 6.92 Å². The van der Waals surface area contributed by atoms with Gasteiger partial charge in [-0.2, -0.15) is 0 Å². The van der Waals surface area contributed by atoms with E-state index in [9.17, 15) is 30.0 Å². The van der Waals surface area contributed by atoms with Crippen LogP contribution in [0.2, 0.25) is 0 Å². The van der Waals surface area contributed by atoms with Crippen LogP contribution in [-0.4, -0.2) is 75.3 Å². The predicted octanol–water partition coefficient (Wildman–Crippen LogP) is 6.04. The van der Waals surface area contributed by atoms with Crippen molar-refractivity contribution < 1.29 is 44.2 Å². The monoisotopic (exact) mass is 662 g/mol. The van der Waals surface area contributed by atoms with Crippen molar-refractivity contribution in [3.05, 3.63) is 24.3 Å². The maximum absolute atomic E-state index is 12.3. The van der Waals surface area contributed by atoms with Crippen molar-refractivity contribution in [2.45, 2.75) is 149 Å². The molecule has 0 aromatic rings. The average Bonchev–Trinajstić information content (AvgIpc) is 3.35. The summed E-state index contributed by atoms with van der Waals surface area (Å²) >= 11 is 0. The largest absolute Gasteiger partial charge is 0.481 e. The molecule has 1 saturated heterocycles. The Balaban J connectivity index is 1.81. The number of aliphatic hydroxyl groups excluding tert-OH is 2. The van der Waals surface area contributed by atoms with Crippen LogP contribution in [0, 0.1) is 45.8 Å². The molecule has 13 atom stereocenters. The molecule has 0 amide bonds. The second kappa shape index (κ2) is 13.9. The molecule has 0 bridgehead atoms. The number of fused-ring (bicyclic) bond motifs is 3. The summed E-state index contributed by atoms with van der Waals surface area (Å²) in [5.41, 5.74) is 0.324. The Bertz CT molecular complexity index is 1200. The lowest BCUT2D eigenvalue weighted by Gasteiger charge is -2.68. The molecule has 4 rings (SSSR count). The van der Waals surface area contributed by atoms with Crippen LogP contribution in [-0.2, 0) is 23.8 Å². The first-order chi connectivity index (χ1) is 21.7. The number of carbonyl (C=O) groups excluding carboxylic acids is 1. The number of esters is 1. The third-order valence-corrected chi connectivity index (χ3v) is 13.7. The van der Waals surface area contributed by atoms with Crippen LogP contribution in [0.5, 0.6) is 0 Å². The van der Waals surface area contributed by atoms with E-state index in [1.807, 2.05) is 13.8 Å². The van der Waals surface area contributed by atoms with Crippen LogP contribution in [0.25, 0.3) is 0 Å². The van der Waals surface area contributed by atoms with Crippen LogP contribution in [0.1, 0.15) is 113 Å². The Morgan fingerprint density at radius 2 is 1.68 bits per heavy atom. The number of aliphatic hydroxyl groups is 3. The number of carboxylic acids is 1. The van der Waals surface area contributed by atoms with Gasteiger partial charge in [0.05, 0.1) is 18.3 Å². The molecule has 0 aromatic heterocycles. The van der Waals surface area contributed by atoms with Gasteiger partial charge < -0.3 is 34.6 Å². The number of allylic oxidation sites excluding steroid dienone is 2. The normalized spacial score (nSPS) is 43.0. The minimum Gasteiger partial charge on any atom is -0.481 e. The molecule has 1 aliphatic heterocycles. The number of rotatable bonds is 12. The number of hydrogen-bond donors (Lipinski definition) is 4. The Labute approximate surface area is 282 Å². The maximum atomic E-state index is 12.3. The van der Waals surface area contributed by atoms with Crippen LogP contribution >= 0.6 is 0 Å². The highest BCUT2D eigenvalue weighted by molar-refractivity contribution is 5.67. The smallest absolute Gasteiger partial charge is 0.303 e. The molecule has 0 aromatic carbocycles. The van der Waals surface area contributed by atoms with Crippen molar-refractivity contribution in [3.63, 3.8) is 0 Å². The minimum absolute atomic E-state index is 0.0555. The zero-order valence-corrected chi connectivity index (χ0v) is 30.1. The van der Waals surface area contributed by atoms with E-state index in [1.54, 1.807) is 0 Å². The molecule has 0 spiro atoms. The van der Waals surface area contributed by atoms with Crippen LogP contribution in [0.4, 0.5) is 0 Å². The van der Waals surface area contributed by atoms with Gasteiger partial charge in [-0.1, -0.05) is 58.9 Å². The number of hydrogen-bond acceptors (Lipinski definition) is 8. The molecule has 4 fully saturated rings. The van der Waals surface area contributed by atoms with Crippen molar-refractivity contribution in [1.29, 1.82) is 0 Å². The predicted molar refractivity (Wildman–Crippen MR) is 179 cm³/mol. The van der Waals surface area contributed by atoms with E-state index in [4.69, 9.17) is 14.2 Å². The van der Waals surface area contributed by atoms with E-state index >= 15 is 0 Å². The van der Waals surface area contributed by atoms with E-state index in [0.717, 1.165) is 36.8 Å². The summed E-state index contributed by atoms with van der Waals surface area (Å²) in [6.07, 6.45) is 0.591. The molecule has 9 nitrogen and oxygen atoms in total. The van der Waals surface area contributed by atoms with Gasteiger partial charge in [0, 0.05) is 13.3 Å². The van der Waals surface area contributed by atoms with Crippen LogP contribution < -0.4 is 0 Å². The summed E-state index contributed by atoms with van der Waals surface area (Å²) in [6.45, 7) is 24.9. The summed E-state index contributed by atoms with van der Waals surface area (Å²) in [5, 5.41) is 43.4. The first-order valence-electron chi connectivity index (χ1n) is 17.8. The highest BCUT2D eigenvalue weighted by atomic mass is 16.7. The summed E-state index contributed by atoms with van der Waals surface area (Å²) in [5.74, 6) is -1.12. The van der Waals surface area contributed by atoms with E-state index < -0.39 is 48.2 Å². The SMILES string of the molecule is C=C(CCC(C)(O)C1CCC2(C)C1C(OC1OCC(O)C(O)C1OC(C)=O)CC1C(C)(CCC(=O)O)C(C(=C)C)CCC12C)C(C)C. The molecule has 1 heterocycles. The molecule has 4 aliphatic rings. The van der Waals surface area contributed by atoms with Gasteiger partial charge in [0.1, 0.15) is 12.2 Å². The van der Waals surface area contributed by atoms with Crippen molar-refractivity contribution in [2.24, 2.45) is 45.8 Å². The first-order valence-corrected chi connectivity index (χ1v) is 17.8. The Morgan fingerprint density at radius 3 is 2.26 bits per heavy atom. The second-order valence-corrected chi connectivity index (χ2v) is 16.8. The lowest BCUT2D eigenvalue weighted by molar-refractivity contribution is -0.314. The van der Waals surface area contributed by atoms with Crippen molar-refractivity contribution in [2.75, 3.05) is 6.61 Å². The first kappa shape index (κ1) is 38.0. The Morgan fingerprint density at radius 1 is 1.04 bits per heavy atom. The summed E-state index contributed by atoms with van der Waals surface area (Å²) in [7, 11) is 0. The van der Waals surface area contributed by atoms with Gasteiger partial charge in [0.15, 0.2) is 12.4 Å². The minimum atomic E-state index is -1.38. The lowest BCUT2D eigenvalue weighted by Crippen LogP contribution is -2.65. The van der Waals surface area contributed by atoms with Gasteiger partial charge in [0.25, 0.3) is 0 Å². The topological polar surface area (TPSA) is 143 Å². The average molecular weight is 663 g/mol. The molecular formula is C38H62O9. The quantitative estimate of drug-likeness (QED) is 0.112. The number of carboxylic acid groups (broad SMARTS) is 1. The lowest BCUT2D eigenvalue weighted by atomic mass is 9.37.